The van der Waals surface area contributed by atoms with Gasteiger partial charge in [-0.1, -0.05) is 18.2 Å². The highest BCUT2D eigenvalue weighted by atomic mass is 16.5. The fourth-order valence-corrected chi connectivity index (χ4v) is 2.24. The fourth-order valence-electron chi connectivity index (χ4n) is 2.24. The Morgan fingerprint density at radius 3 is 2.32 bits per heavy atom. The van der Waals surface area contributed by atoms with Gasteiger partial charge in [0.25, 0.3) is 0 Å². The van der Waals surface area contributed by atoms with Crippen molar-refractivity contribution < 1.29 is 19.7 Å². The SMILES string of the molecule is C=C(C)C=Cc1c(O)ccc(C=CC(=O)c2ccc(O)cc2)c1OC. The van der Waals surface area contributed by atoms with E-state index in [1.165, 1.54) is 25.3 Å². The first kappa shape index (κ1) is 18.1. The molecule has 2 aromatic rings. The number of hydrogen-bond donors (Lipinski definition) is 2. The van der Waals surface area contributed by atoms with E-state index in [9.17, 15) is 15.0 Å². The Bertz CT molecular complexity index is 843. The lowest BCUT2D eigenvalue weighted by molar-refractivity contribution is 0.104. The summed E-state index contributed by atoms with van der Waals surface area (Å²) in [5.41, 5.74) is 2.48. The lowest BCUT2D eigenvalue weighted by Gasteiger charge is -2.10. The molecule has 0 heterocycles. The largest absolute Gasteiger partial charge is 0.508 e. The molecule has 128 valence electrons. The Labute approximate surface area is 147 Å². The van der Waals surface area contributed by atoms with Gasteiger partial charge in [0.15, 0.2) is 5.78 Å². The van der Waals surface area contributed by atoms with Crippen LogP contribution in [0.25, 0.3) is 12.2 Å². The summed E-state index contributed by atoms with van der Waals surface area (Å²) in [4.78, 5) is 12.2. The van der Waals surface area contributed by atoms with Crippen molar-refractivity contribution in [1.82, 2.24) is 0 Å². The smallest absolute Gasteiger partial charge is 0.185 e. The minimum atomic E-state index is -0.200. The van der Waals surface area contributed by atoms with E-state index in [2.05, 4.69) is 6.58 Å². The molecule has 0 aliphatic carbocycles. The molecular formula is C21H20O4. The molecular weight excluding hydrogens is 316 g/mol. The first-order valence-electron chi connectivity index (χ1n) is 7.67. The monoisotopic (exact) mass is 336 g/mol. The molecule has 0 bridgehead atoms. The first-order valence-corrected chi connectivity index (χ1v) is 7.67. The molecule has 0 saturated heterocycles. The van der Waals surface area contributed by atoms with Gasteiger partial charge in [0.2, 0.25) is 0 Å². The maximum atomic E-state index is 12.2. The number of hydrogen-bond acceptors (Lipinski definition) is 4. The van der Waals surface area contributed by atoms with Crippen molar-refractivity contribution in [3.63, 3.8) is 0 Å². The van der Waals surface area contributed by atoms with E-state index >= 15 is 0 Å². The van der Waals surface area contributed by atoms with Crippen LogP contribution < -0.4 is 4.74 Å². The number of methoxy groups -OCH3 is 1. The topological polar surface area (TPSA) is 66.8 Å². The van der Waals surface area contributed by atoms with Crippen LogP contribution in [0.2, 0.25) is 0 Å². The average Bonchev–Trinajstić information content (AvgIpc) is 2.59. The van der Waals surface area contributed by atoms with E-state index in [1.54, 1.807) is 42.5 Å². The number of carbonyl (C=O) groups excluding carboxylic acids is 1. The zero-order valence-corrected chi connectivity index (χ0v) is 14.2. The van der Waals surface area contributed by atoms with Crippen LogP contribution in [0.1, 0.15) is 28.4 Å². The molecule has 25 heavy (non-hydrogen) atoms. The second kappa shape index (κ2) is 8.02. The number of aromatic hydroxyl groups is 2. The predicted octanol–water partition coefficient (Wildman–Crippen LogP) is 4.59. The van der Waals surface area contributed by atoms with Gasteiger partial charge in [0.1, 0.15) is 17.2 Å². The van der Waals surface area contributed by atoms with Crippen LogP contribution >= 0.6 is 0 Å². The van der Waals surface area contributed by atoms with Crippen LogP contribution in [0.4, 0.5) is 0 Å². The minimum absolute atomic E-state index is 0.0800. The van der Waals surface area contributed by atoms with Gasteiger partial charge in [-0.15, -0.1) is 0 Å². The van der Waals surface area contributed by atoms with Gasteiger partial charge in [-0.3, -0.25) is 4.79 Å². The average molecular weight is 336 g/mol. The van der Waals surface area contributed by atoms with E-state index < -0.39 is 0 Å². The lowest BCUT2D eigenvalue weighted by atomic mass is 10.0. The fraction of sp³-hybridized carbons (Fsp3) is 0.0952. The second-order valence-electron chi connectivity index (χ2n) is 5.54. The van der Waals surface area contributed by atoms with Crippen LogP contribution in [-0.2, 0) is 0 Å². The van der Waals surface area contributed by atoms with E-state index in [1.807, 2.05) is 6.92 Å². The van der Waals surface area contributed by atoms with E-state index in [0.29, 0.717) is 22.4 Å². The zero-order chi connectivity index (χ0) is 18.4. The van der Waals surface area contributed by atoms with Gasteiger partial charge in [0, 0.05) is 11.1 Å². The van der Waals surface area contributed by atoms with Crippen LogP contribution in [0.3, 0.4) is 0 Å². The summed E-state index contributed by atoms with van der Waals surface area (Å²) in [6.07, 6.45) is 6.54. The van der Waals surface area contributed by atoms with Crippen molar-refractivity contribution in [1.29, 1.82) is 0 Å². The van der Waals surface area contributed by atoms with Gasteiger partial charge in [-0.25, -0.2) is 0 Å². The van der Waals surface area contributed by atoms with Crippen molar-refractivity contribution in [3.05, 3.63) is 77.4 Å². The molecule has 0 saturated carbocycles. The molecule has 0 aromatic heterocycles. The molecule has 0 aliphatic heterocycles. The van der Waals surface area contributed by atoms with E-state index in [4.69, 9.17) is 4.74 Å². The Balaban J connectivity index is 2.35. The Hall–Kier alpha value is -3.27. The summed E-state index contributed by atoms with van der Waals surface area (Å²) in [7, 11) is 1.51. The van der Waals surface area contributed by atoms with Crippen LogP contribution in [0.5, 0.6) is 17.2 Å². The quantitative estimate of drug-likeness (QED) is 0.460. The molecule has 0 unspecified atom stereocenters. The number of benzene rings is 2. The third-order valence-electron chi connectivity index (χ3n) is 3.51. The van der Waals surface area contributed by atoms with Crippen LogP contribution in [0, 0.1) is 0 Å². The normalized spacial score (nSPS) is 11.1. The highest BCUT2D eigenvalue weighted by molar-refractivity contribution is 6.07. The van der Waals surface area contributed by atoms with E-state index in [-0.39, 0.29) is 17.3 Å². The predicted molar refractivity (Wildman–Crippen MR) is 100.0 cm³/mol. The third-order valence-corrected chi connectivity index (χ3v) is 3.51. The summed E-state index contributed by atoms with van der Waals surface area (Å²) in [6.45, 7) is 5.64. The highest BCUT2D eigenvalue weighted by Gasteiger charge is 2.11. The minimum Gasteiger partial charge on any atom is -0.508 e. The third kappa shape index (κ3) is 4.61. The number of ether oxygens (including phenoxy) is 1. The Kier molecular flexibility index (Phi) is 5.79. The first-order chi connectivity index (χ1) is 11.9. The van der Waals surface area contributed by atoms with Crippen molar-refractivity contribution in [2.24, 2.45) is 0 Å². The summed E-state index contributed by atoms with van der Waals surface area (Å²) in [5.74, 6) is 0.451. The Morgan fingerprint density at radius 1 is 1.04 bits per heavy atom. The van der Waals surface area contributed by atoms with Crippen molar-refractivity contribution in [2.75, 3.05) is 7.11 Å². The van der Waals surface area contributed by atoms with Gasteiger partial charge >= 0.3 is 0 Å². The highest BCUT2D eigenvalue weighted by Crippen LogP contribution is 2.33. The molecule has 0 fully saturated rings. The molecule has 0 spiro atoms. The van der Waals surface area contributed by atoms with Gasteiger partial charge in [0.05, 0.1) is 12.7 Å². The number of phenols is 2. The maximum Gasteiger partial charge on any atom is 0.185 e. The molecule has 0 amide bonds. The van der Waals surface area contributed by atoms with Gasteiger partial charge in [-0.2, -0.15) is 0 Å². The zero-order valence-electron chi connectivity index (χ0n) is 14.2. The van der Waals surface area contributed by atoms with Crippen molar-refractivity contribution >= 4 is 17.9 Å². The molecule has 4 nitrogen and oxygen atoms in total. The second-order valence-corrected chi connectivity index (χ2v) is 5.54. The molecule has 0 aliphatic rings. The number of carbonyl (C=O) groups is 1. The van der Waals surface area contributed by atoms with Crippen LogP contribution in [-0.4, -0.2) is 23.1 Å². The number of ketones is 1. The van der Waals surface area contributed by atoms with Crippen molar-refractivity contribution in [2.45, 2.75) is 6.92 Å². The molecule has 4 heteroatoms. The standard InChI is InChI=1S/C21H20O4/c1-14(2)4-11-18-20(24)13-8-16(21(18)25-3)7-12-19(23)15-5-9-17(22)10-6-15/h4-13,22,24H,1H2,2-3H3. The maximum absolute atomic E-state index is 12.2. The summed E-state index contributed by atoms with van der Waals surface area (Å²) in [6, 6.07) is 9.25. The molecule has 0 atom stereocenters. The van der Waals surface area contributed by atoms with Gasteiger partial charge < -0.3 is 14.9 Å². The number of phenolic OH excluding ortho intramolecular Hbond substituents is 2. The summed E-state index contributed by atoms with van der Waals surface area (Å²) >= 11 is 0. The number of allylic oxidation sites excluding steroid dienone is 3. The summed E-state index contributed by atoms with van der Waals surface area (Å²) in [5, 5.41) is 19.3. The lowest BCUT2D eigenvalue weighted by Crippen LogP contribution is -1.95. The summed E-state index contributed by atoms with van der Waals surface area (Å²) < 4.78 is 5.41. The molecule has 0 radical (unpaired) electrons. The molecule has 2 rings (SSSR count). The number of rotatable bonds is 6. The van der Waals surface area contributed by atoms with E-state index in [0.717, 1.165) is 5.57 Å². The van der Waals surface area contributed by atoms with Crippen molar-refractivity contribution in [3.8, 4) is 17.2 Å². The van der Waals surface area contributed by atoms with Crippen LogP contribution in [0.15, 0.2) is 60.7 Å². The molecule has 2 aromatic carbocycles. The Morgan fingerprint density at radius 2 is 1.72 bits per heavy atom. The molecule has 2 N–H and O–H groups in total. The van der Waals surface area contributed by atoms with Gasteiger partial charge in [-0.05, 0) is 61.5 Å².